The number of carbonyl (C=O) groups is 2. The van der Waals surface area contributed by atoms with Crippen LogP contribution in [0.5, 0.6) is 5.75 Å². The number of hydrogen-bond donors (Lipinski definition) is 0. The molecule has 1 saturated heterocycles. The monoisotopic (exact) mass is 447 g/mol. The molecule has 0 spiro atoms. The summed E-state index contributed by atoms with van der Waals surface area (Å²) in [5.41, 5.74) is 4.53. The molecule has 6 nitrogen and oxygen atoms in total. The molecule has 4 rings (SSSR count). The molecular weight excluding hydrogens is 414 g/mol. The van der Waals surface area contributed by atoms with E-state index in [0.717, 1.165) is 48.6 Å². The summed E-state index contributed by atoms with van der Waals surface area (Å²) in [4.78, 5) is 33.1. The molecular formula is C27H33N3O3. The van der Waals surface area contributed by atoms with E-state index >= 15 is 0 Å². The number of likely N-dealkylation sites (N-methyl/N-ethyl adjacent to an activating group) is 1. The lowest BCUT2D eigenvalue weighted by atomic mass is 9.97. The molecule has 0 radical (unpaired) electrons. The Labute approximate surface area is 196 Å². The molecule has 1 fully saturated rings. The predicted octanol–water partition coefficient (Wildman–Crippen LogP) is 3.87. The Morgan fingerprint density at radius 3 is 2.18 bits per heavy atom. The van der Waals surface area contributed by atoms with E-state index in [-0.39, 0.29) is 11.8 Å². The molecule has 0 unspecified atom stereocenters. The predicted molar refractivity (Wildman–Crippen MR) is 131 cm³/mol. The van der Waals surface area contributed by atoms with Crippen LogP contribution in [0.3, 0.4) is 0 Å². The quantitative estimate of drug-likeness (QED) is 0.630. The molecule has 0 N–H and O–H groups in total. The molecule has 2 heterocycles. The molecule has 0 atom stereocenters. The lowest BCUT2D eigenvalue weighted by Gasteiger charge is -2.34. The van der Waals surface area contributed by atoms with E-state index in [0.29, 0.717) is 29.5 Å². The summed E-state index contributed by atoms with van der Waals surface area (Å²) < 4.78 is 5.77. The normalized spacial score (nSPS) is 17.5. The van der Waals surface area contributed by atoms with Gasteiger partial charge in [0.05, 0.1) is 17.9 Å². The average molecular weight is 448 g/mol. The van der Waals surface area contributed by atoms with Gasteiger partial charge >= 0.3 is 0 Å². The van der Waals surface area contributed by atoms with Crippen molar-refractivity contribution in [1.29, 1.82) is 0 Å². The highest BCUT2D eigenvalue weighted by molar-refractivity contribution is 6.45. The van der Waals surface area contributed by atoms with Gasteiger partial charge < -0.3 is 14.5 Å². The molecule has 0 saturated carbocycles. The first kappa shape index (κ1) is 23.1. The van der Waals surface area contributed by atoms with Crippen LogP contribution in [0.25, 0.3) is 5.57 Å². The molecule has 0 bridgehead atoms. The third kappa shape index (κ3) is 4.67. The smallest absolute Gasteiger partial charge is 0.282 e. The van der Waals surface area contributed by atoms with Crippen molar-refractivity contribution in [2.24, 2.45) is 5.92 Å². The SMILES string of the molecule is Cc1ccc(C2=C(N3CCN(C)CC3)C(=O)N(c3ccc(OCC(C)C)cc3)C2=O)c(C)c1. The molecule has 2 aliphatic heterocycles. The lowest BCUT2D eigenvalue weighted by Crippen LogP contribution is -2.46. The van der Waals surface area contributed by atoms with E-state index in [2.05, 4.69) is 36.8 Å². The van der Waals surface area contributed by atoms with Gasteiger partial charge in [-0.25, -0.2) is 4.90 Å². The number of amides is 2. The topological polar surface area (TPSA) is 53.1 Å². The summed E-state index contributed by atoms with van der Waals surface area (Å²) in [6.07, 6.45) is 0. The van der Waals surface area contributed by atoms with Crippen LogP contribution in [0.1, 0.15) is 30.5 Å². The number of rotatable bonds is 6. The second kappa shape index (κ2) is 9.40. The van der Waals surface area contributed by atoms with Crippen LogP contribution in [0.15, 0.2) is 48.2 Å². The van der Waals surface area contributed by atoms with Gasteiger partial charge in [0.1, 0.15) is 11.4 Å². The second-order valence-electron chi connectivity index (χ2n) is 9.48. The Balaban J connectivity index is 1.71. The van der Waals surface area contributed by atoms with Crippen molar-refractivity contribution in [2.75, 3.05) is 44.7 Å². The number of carbonyl (C=O) groups excluding carboxylic acids is 2. The van der Waals surface area contributed by atoms with E-state index in [1.807, 2.05) is 38.1 Å². The standard InChI is InChI=1S/C27H33N3O3/c1-18(2)17-33-22-9-7-21(8-10-22)30-26(31)24(23-11-6-19(3)16-20(23)4)25(27(30)32)29-14-12-28(5)13-15-29/h6-11,16,18H,12-15,17H2,1-5H3. The van der Waals surface area contributed by atoms with Crippen LogP contribution in [0.4, 0.5) is 5.69 Å². The fourth-order valence-corrected chi connectivity index (χ4v) is 4.37. The first-order chi connectivity index (χ1) is 15.8. The highest BCUT2D eigenvalue weighted by Crippen LogP contribution is 2.37. The Morgan fingerprint density at radius 2 is 1.58 bits per heavy atom. The number of nitrogens with zero attached hydrogens (tertiary/aromatic N) is 3. The van der Waals surface area contributed by atoms with Gasteiger partial charge in [-0.1, -0.05) is 37.6 Å². The summed E-state index contributed by atoms with van der Waals surface area (Å²) in [6, 6.07) is 13.2. The van der Waals surface area contributed by atoms with E-state index in [1.54, 1.807) is 12.1 Å². The van der Waals surface area contributed by atoms with Crippen LogP contribution in [0, 0.1) is 19.8 Å². The summed E-state index contributed by atoms with van der Waals surface area (Å²) in [7, 11) is 2.08. The lowest BCUT2D eigenvalue weighted by molar-refractivity contribution is -0.120. The maximum Gasteiger partial charge on any atom is 0.282 e. The minimum atomic E-state index is -0.267. The van der Waals surface area contributed by atoms with Gasteiger partial charge in [-0.2, -0.15) is 0 Å². The van der Waals surface area contributed by atoms with Crippen molar-refractivity contribution in [3.8, 4) is 5.75 Å². The Morgan fingerprint density at radius 1 is 0.909 bits per heavy atom. The van der Waals surface area contributed by atoms with Crippen LogP contribution in [-0.4, -0.2) is 61.4 Å². The number of hydrogen-bond acceptors (Lipinski definition) is 5. The Bertz CT molecular complexity index is 1080. The van der Waals surface area contributed by atoms with Crippen molar-refractivity contribution in [3.05, 3.63) is 64.9 Å². The first-order valence-electron chi connectivity index (χ1n) is 11.6. The number of anilines is 1. The van der Waals surface area contributed by atoms with Gasteiger partial charge in [0.15, 0.2) is 0 Å². The van der Waals surface area contributed by atoms with Gasteiger partial charge in [0.2, 0.25) is 0 Å². The van der Waals surface area contributed by atoms with Gasteiger partial charge in [0, 0.05) is 26.2 Å². The molecule has 2 aromatic carbocycles. The average Bonchev–Trinajstić information content (AvgIpc) is 3.03. The molecule has 2 amide bonds. The fourth-order valence-electron chi connectivity index (χ4n) is 4.37. The maximum atomic E-state index is 13.8. The summed E-state index contributed by atoms with van der Waals surface area (Å²) in [5.74, 6) is 0.627. The fraction of sp³-hybridized carbons (Fsp3) is 0.407. The van der Waals surface area contributed by atoms with Crippen molar-refractivity contribution in [2.45, 2.75) is 27.7 Å². The van der Waals surface area contributed by atoms with Crippen molar-refractivity contribution in [1.82, 2.24) is 9.80 Å². The van der Waals surface area contributed by atoms with E-state index in [1.165, 1.54) is 4.90 Å². The van der Waals surface area contributed by atoms with E-state index in [4.69, 9.17) is 4.74 Å². The largest absolute Gasteiger partial charge is 0.493 e. The number of benzene rings is 2. The molecule has 33 heavy (non-hydrogen) atoms. The van der Waals surface area contributed by atoms with Gasteiger partial charge in [0.25, 0.3) is 11.8 Å². The Kier molecular flexibility index (Phi) is 6.56. The third-order valence-electron chi connectivity index (χ3n) is 6.21. The molecule has 0 aliphatic carbocycles. The number of aryl methyl sites for hydroxylation is 2. The highest BCUT2D eigenvalue weighted by Gasteiger charge is 2.43. The second-order valence-corrected chi connectivity index (χ2v) is 9.48. The molecule has 2 aliphatic rings. The summed E-state index contributed by atoms with van der Waals surface area (Å²) in [6.45, 7) is 12.0. The number of imide groups is 1. The van der Waals surface area contributed by atoms with Crippen molar-refractivity contribution in [3.63, 3.8) is 0 Å². The van der Waals surface area contributed by atoms with Crippen molar-refractivity contribution < 1.29 is 14.3 Å². The van der Waals surface area contributed by atoms with Crippen LogP contribution < -0.4 is 9.64 Å². The van der Waals surface area contributed by atoms with Gasteiger partial charge in [-0.3, -0.25) is 9.59 Å². The molecule has 174 valence electrons. The van der Waals surface area contributed by atoms with Gasteiger partial charge in [-0.05, 0) is 62.2 Å². The Hall–Kier alpha value is -3.12. The molecule has 0 aromatic heterocycles. The van der Waals surface area contributed by atoms with E-state index < -0.39 is 0 Å². The van der Waals surface area contributed by atoms with Crippen LogP contribution in [0.2, 0.25) is 0 Å². The van der Waals surface area contributed by atoms with E-state index in [9.17, 15) is 9.59 Å². The summed E-state index contributed by atoms with van der Waals surface area (Å²) >= 11 is 0. The number of piperazine rings is 1. The zero-order valence-corrected chi connectivity index (χ0v) is 20.2. The minimum Gasteiger partial charge on any atom is -0.493 e. The molecule has 2 aromatic rings. The highest BCUT2D eigenvalue weighted by atomic mass is 16.5. The number of ether oxygens (including phenoxy) is 1. The van der Waals surface area contributed by atoms with Crippen LogP contribution >= 0.6 is 0 Å². The van der Waals surface area contributed by atoms with Gasteiger partial charge in [-0.15, -0.1) is 0 Å². The maximum absolute atomic E-state index is 13.8. The molecule has 6 heteroatoms. The summed E-state index contributed by atoms with van der Waals surface area (Å²) in [5, 5.41) is 0. The zero-order chi connectivity index (χ0) is 23.7. The first-order valence-corrected chi connectivity index (χ1v) is 11.6. The third-order valence-corrected chi connectivity index (χ3v) is 6.21. The minimum absolute atomic E-state index is 0.254. The van der Waals surface area contributed by atoms with Crippen molar-refractivity contribution >= 4 is 23.1 Å². The zero-order valence-electron chi connectivity index (χ0n) is 20.2. The van der Waals surface area contributed by atoms with Crippen LogP contribution in [-0.2, 0) is 9.59 Å².